The highest BCUT2D eigenvalue weighted by Gasteiger charge is 2.31. The van der Waals surface area contributed by atoms with Crippen LogP contribution in [0.2, 0.25) is 0 Å². The standard InChI is InChI=1S/C19H33N7O9/c20-6-2-1-3-11(19(34)35)25-18(33)12(8-14(23)28)26-17(32)10(4-5-13(22)27)24-16(31)9(21)7-15(29)30/h9-12H,1-8,20-21H2,(H2,22,27)(H2,23,28)(H,24,31)(H,25,33)(H,26,32)(H,29,30)(H,34,35). The van der Waals surface area contributed by atoms with E-state index >= 15 is 0 Å². The van der Waals surface area contributed by atoms with E-state index in [9.17, 15) is 38.7 Å². The van der Waals surface area contributed by atoms with E-state index in [0.717, 1.165) is 0 Å². The van der Waals surface area contributed by atoms with E-state index in [1.165, 1.54) is 0 Å². The number of hydrogen-bond acceptors (Lipinski definition) is 9. The second-order valence-electron chi connectivity index (χ2n) is 7.69. The molecule has 4 unspecified atom stereocenters. The highest BCUT2D eigenvalue weighted by atomic mass is 16.4. The Morgan fingerprint density at radius 1 is 0.686 bits per heavy atom. The van der Waals surface area contributed by atoms with Gasteiger partial charge in [0, 0.05) is 6.42 Å². The lowest BCUT2D eigenvalue weighted by atomic mass is 10.1. The van der Waals surface area contributed by atoms with Gasteiger partial charge in [0.15, 0.2) is 0 Å². The number of aliphatic carboxylic acids is 2. The molecule has 0 aliphatic heterocycles. The average molecular weight is 504 g/mol. The van der Waals surface area contributed by atoms with E-state index < -0.39 is 78.5 Å². The third-order valence-corrected chi connectivity index (χ3v) is 4.64. The van der Waals surface area contributed by atoms with Crippen molar-refractivity contribution in [3.8, 4) is 0 Å². The third-order valence-electron chi connectivity index (χ3n) is 4.64. The summed E-state index contributed by atoms with van der Waals surface area (Å²) in [6.07, 6.45) is -1.24. The van der Waals surface area contributed by atoms with Crippen LogP contribution >= 0.6 is 0 Å². The number of rotatable bonds is 18. The first-order chi connectivity index (χ1) is 16.3. The summed E-state index contributed by atoms with van der Waals surface area (Å²) in [7, 11) is 0. The fourth-order valence-electron chi connectivity index (χ4n) is 2.82. The Morgan fingerprint density at radius 3 is 1.71 bits per heavy atom. The topological polar surface area (TPSA) is 300 Å². The predicted octanol–water partition coefficient (Wildman–Crippen LogP) is -4.40. The van der Waals surface area contributed by atoms with Crippen molar-refractivity contribution in [3.05, 3.63) is 0 Å². The molecule has 0 spiro atoms. The first kappa shape index (κ1) is 31.2. The molecular formula is C19H33N7O9. The first-order valence-corrected chi connectivity index (χ1v) is 10.7. The Bertz CT molecular complexity index is 806. The normalized spacial score (nSPS) is 14.0. The van der Waals surface area contributed by atoms with Crippen molar-refractivity contribution in [1.82, 2.24) is 16.0 Å². The minimum atomic E-state index is -1.61. The maximum absolute atomic E-state index is 12.8. The molecule has 16 nitrogen and oxygen atoms in total. The summed E-state index contributed by atoms with van der Waals surface area (Å²) >= 11 is 0. The number of unbranched alkanes of at least 4 members (excludes halogenated alkanes) is 1. The second-order valence-corrected chi connectivity index (χ2v) is 7.69. The summed E-state index contributed by atoms with van der Waals surface area (Å²) < 4.78 is 0. The fourth-order valence-corrected chi connectivity index (χ4v) is 2.82. The van der Waals surface area contributed by atoms with Crippen LogP contribution in [0.3, 0.4) is 0 Å². The smallest absolute Gasteiger partial charge is 0.326 e. The number of carbonyl (C=O) groups excluding carboxylic acids is 5. The van der Waals surface area contributed by atoms with Gasteiger partial charge in [-0.05, 0) is 32.2 Å². The van der Waals surface area contributed by atoms with Gasteiger partial charge in [0.05, 0.1) is 18.9 Å². The highest BCUT2D eigenvalue weighted by molar-refractivity contribution is 5.96. The summed E-state index contributed by atoms with van der Waals surface area (Å²) in [6, 6.07) is -5.96. The highest BCUT2D eigenvalue weighted by Crippen LogP contribution is 2.05. The van der Waals surface area contributed by atoms with Crippen molar-refractivity contribution >= 4 is 41.5 Å². The molecule has 35 heavy (non-hydrogen) atoms. The molecule has 5 amide bonds. The average Bonchev–Trinajstić information content (AvgIpc) is 2.73. The van der Waals surface area contributed by atoms with E-state index in [1.54, 1.807) is 0 Å². The van der Waals surface area contributed by atoms with Gasteiger partial charge in [-0.15, -0.1) is 0 Å². The molecule has 198 valence electrons. The molecule has 16 heteroatoms. The lowest BCUT2D eigenvalue weighted by Crippen LogP contribution is -2.58. The van der Waals surface area contributed by atoms with Crippen molar-refractivity contribution in [2.45, 2.75) is 69.1 Å². The van der Waals surface area contributed by atoms with E-state index in [-0.39, 0.29) is 19.3 Å². The summed E-state index contributed by atoms with van der Waals surface area (Å²) in [4.78, 5) is 82.3. The number of primary amides is 2. The summed E-state index contributed by atoms with van der Waals surface area (Å²) in [6.45, 7) is 0.315. The van der Waals surface area contributed by atoms with Gasteiger partial charge in [0.1, 0.15) is 18.1 Å². The number of carboxylic acid groups (broad SMARTS) is 2. The van der Waals surface area contributed by atoms with Gasteiger partial charge < -0.3 is 49.1 Å². The molecule has 4 atom stereocenters. The zero-order valence-corrected chi connectivity index (χ0v) is 19.0. The maximum Gasteiger partial charge on any atom is 0.326 e. The van der Waals surface area contributed by atoms with Crippen molar-refractivity contribution < 1.29 is 43.8 Å². The molecule has 0 heterocycles. The second kappa shape index (κ2) is 15.9. The monoisotopic (exact) mass is 503 g/mol. The molecule has 0 aromatic heterocycles. The van der Waals surface area contributed by atoms with Gasteiger partial charge in [-0.2, -0.15) is 0 Å². The molecule has 0 saturated carbocycles. The van der Waals surface area contributed by atoms with Crippen molar-refractivity contribution in [2.75, 3.05) is 6.54 Å². The Morgan fingerprint density at radius 2 is 1.23 bits per heavy atom. The lowest BCUT2D eigenvalue weighted by molar-refractivity contribution is -0.142. The Hall–Kier alpha value is -3.79. The van der Waals surface area contributed by atoms with Gasteiger partial charge >= 0.3 is 11.9 Å². The molecule has 0 aromatic carbocycles. The minimum Gasteiger partial charge on any atom is -0.481 e. The van der Waals surface area contributed by atoms with Gasteiger partial charge in [0.25, 0.3) is 0 Å². The third kappa shape index (κ3) is 13.5. The van der Waals surface area contributed by atoms with Gasteiger partial charge in [0.2, 0.25) is 29.5 Å². The molecule has 0 aliphatic rings. The lowest BCUT2D eigenvalue weighted by Gasteiger charge is -2.24. The van der Waals surface area contributed by atoms with Crippen LogP contribution in [0.4, 0.5) is 0 Å². The van der Waals surface area contributed by atoms with Gasteiger partial charge in [-0.1, -0.05) is 0 Å². The van der Waals surface area contributed by atoms with E-state index in [1.807, 2.05) is 0 Å². The zero-order valence-electron chi connectivity index (χ0n) is 19.0. The van der Waals surface area contributed by atoms with Crippen LogP contribution in [0.15, 0.2) is 0 Å². The van der Waals surface area contributed by atoms with E-state index in [4.69, 9.17) is 28.0 Å². The van der Waals surface area contributed by atoms with Gasteiger partial charge in [-0.25, -0.2) is 4.79 Å². The van der Waals surface area contributed by atoms with Crippen LogP contribution in [0.1, 0.15) is 44.9 Å². The van der Waals surface area contributed by atoms with Crippen molar-refractivity contribution in [2.24, 2.45) is 22.9 Å². The maximum atomic E-state index is 12.8. The Balaban J connectivity index is 5.55. The summed E-state index contributed by atoms with van der Waals surface area (Å²) in [5.74, 6) is -7.64. The number of amides is 5. The van der Waals surface area contributed by atoms with Crippen LogP contribution < -0.4 is 38.9 Å². The molecule has 0 bridgehead atoms. The van der Waals surface area contributed by atoms with Crippen molar-refractivity contribution in [1.29, 1.82) is 0 Å². The molecular weight excluding hydrogens is 470 g/mol. The molecule has 0 fully saturated rings. The Labute approximate surface area is 200 Å². The van der Waals surface area contributed by atoms with Crippen LogP contribution in [-0.4, -0.2) is 82.4 Å². The summed E-state index contributed by atoms with van der Waals surface area (Å²) in [5.41, 5.74) is 21.0. The predicted molar refractivity (Wildman–Crippen MR) is 119 cm³/mol. The van der Waals surface area contributed by atoms with Crippen LogP contribution in [-0.2, 0) is 33.6 Å². The number of hydrogen-bond donors (Lipinski definition) is 9. The van der Waals surface area contributed by atoms with Crippen LogP contribution in [0, 0.1) is 0 Å². The fraction of sp³-hybridized carbons (Fsp3) is 0.632. The molecule has 0 saturated heterocycles. The van der Waals surface area contributed by atoms with E-state index in [2.05, 4.69) is 16.0 Å². The minimum absolute atomic E-state index is 0.0360. The van der Waals surface area contributed by atoms with Gasteiger partial charge in [-0.3, -0.25) is 28.8 Å². The first-order valence-electron chi connectivity index (χ1n) is 10.7. The Kier molecular flexibility index (Phi) is 14.2. The SMILES string of the molecule is NCCCCC(NC(=O)C(CC(N)=O)NC(=O)C(CCC(N)=O)NC(=O)C(N)CC(=O)O)C(=O)O. The number of nitrogens with one attached hydrogen (secondary N) is 3. The van der Waals surface area contributed by atoms with E-state index in [0.29, 0.717) is 19.4 Å². The molecule has 0 rings (SSSR count). The summed E-state index contributed by atoms with van der Waals surface area (Å²) in [5, 5.41) is 24.6. The number of carboxylic acids is 2. The zero-order chi connectivity index (χ0) is 27.1. The quantitative estimate of drug-likeness (QED) is 0.0804. The molecule has 13 N–H and O–H groups in total. The molecule has 0 aromatic rings. The molecule has 0 radical (unpaired) electrons. The number of nitrogens with two attached hydrogens (primary N) is 4. The van der Waals surface area contributed by atoms with Crippen molar-refractivity contribution in [3.63, 3.8) is 0 Å². The van der Waals surface area contributed by atoms with Crippen LogP contribution in [0.5, 0.6) is 0 Å². The van der Waals surface area contributed by atoms with Crippen LogP contribution in [0.25, 0.3) is 0 Å². The number of carbonyl (C=O) groups is 7. The molecule has 0 aliphatic carbocycles. The largest absolute Gasteiger partial charge is 0.481 e.